The Kier molecular flexibility index (Phi) is 3.97. The molecule has 0 saturated carbocycles. The summed E-state index contributed by atoms with van der Waals surface area (Å²) in [7, 11) is 0. The van der Waals surface area contributed by atoms with Gasteiger partial charge in [0, 0.05) is 0 Å². The summed E-state index contributed by atoms with van der Waals surface area (Å²) in [5.74, 6) is -0.910. The topological polar surface area (TPSA) is 66.4 Å². The van der Waals surface area contributed by atoms with E-state index in [2.05, 4.69) is 11.4 Å². The van der Waals surface area contributed by atoms with Gasteiger partial charge < -0.3 is 10.4 Å². The van der Waals surface area contributed by atoms with Gasteiger partial charge in [-0.05, 0) is 42.4 Å². The van der Waals surface area contributed by atoms with Crippen molar-refractivity contribution in [2.45, 2.75) is 38.1 Å². The minimum absolute atomic E-state index is 0.0858. The molecule has 0 heterocycles. The lowest BCUT2D eigenvalue weighted by molar-refractivity contribution is -0.137. The summed E-state index contributed by atoms with van der Waals surface area (Å²) in [5.41, 5.74) is 3.53. The number of carbonyl (C=O) groups excluding carboxylic acids is 1. The van der Waals surface area contributed by atoms with E-state index >= 15 is 0 Å². The Morgan fingerprint density at radius 2 is 2.06 bits per heavy atom. The normalized spacial score (nSPS) is 15.6. The van der Waals surface area contributed by atoms with Gasteiger partial charge in [0.1, 0.15) is 0 Å². The molecule has 18 heavy (non-hydrogen) atoms. The first-order chi connectivity index (χ1) is 8.70. The monoisotopic (exact) mass is 247 g/mol. The molecule has 1 aliphatic rings. The molecular weight excluding hydrogens is 230 g/mol. The van der Waals surface area contributed by atoms with Gasteiger partial charge in [-0.3, -0.25) is 9.59 Å². The van der Waals surface area contributed by atoms with Crippen LogP contribution in [0.5, 0.6) is 0 Å². The number of amides is 1. The van der Waals surface area contributed by atoms with Crippen LogP contribution in [-0.4, -0.2) is 17.5 Å². The molecule has 0 fully saturated rings. The number of hydrogen-bond donors (Lipinski definition) is 2. The molecule has 1 aromatic rings. The van der Waals surface area contributed by atoms with Crippen LogP contribution in [0.3, 0.4) is 0 Å². The van der Waals surface area contributed by atoms with Gasteiger partial charge in [0.25, 0.3) is 0 Å². The number of carbonyl (C=O) groups is 2. The van der Waals surface area contributed by atoms with E-state index in [9.17, 15) is 9.59 Å². The van der Waals surface area contributed by atoms with Crippen molar-refractivity contribution >= 4 is 12.4 Å². The Morgan fingerprint density at radius 3 is 2.72 bits per heavy atom. The van der Waals surface area contributed by atoms with E-state index in [0.29, 0.717) is 6.41 Å². The molecule has 0 saturated heterocycles. The average Bonchev–Trinajstić information content (AvgIpc) is 2.37. The first-order valence-corrected chi connectivity index (χ1v) is 6.24. The molecule has 4 heteroatoms. The number of hydrogen-bond acceptors (Lipinski definition) is 2. The van der Waals surface area contributed by atoms with Crippen molar-refractivity contribution < 1.29 is 14.7 Å². The van der Waals surface area contributed by atoms with E-state index in [0.717, 1.165) is 18.4 Å². The lowest BCUT2D eigenvalue weighted by Crippen LogP contribution is -2.22. The highest BCUT2D eigenvalue weighted by atomic mass is 16.4. The highest BCUT2D eigenvalue weighted by molar-refractivity contribution is 5.68. The third-order valence-corrected chi connectivity index (χ3v) is 3.42. The number of carboxylic acid groups (broad SMARTS) is 1. The molecule has 2 N–H and O–H groups in total. The first kappa shape index (κ1) is 12.6. The second kappa shape index (κ2) is 5.67. The number of fused-ring (bicyclic) bond motifs is 1. The van der Waals surface area contributed by atoms with Crippen molar-refractivity contribution in [1.29, 1.82) is 0 Å². The summed E-state index contributed by atoms with van der Waals surface area (Å²) in [6.45, 7) is 0. The molecule has 0 spiro atoms. The first-order valence-electron chi connectivity index (χ1n) is 6.24. The molecule has 0 bridgehead atoms. The summed E-state index contributed by atoms with van der Waals surface area (Å²) in [6, 6.07) is 5.59. The number of nitrogens with one attached hydrogen (secondary N) is 1. The second-order valence-corrected chi connectivity index (χ2v) is 4.67. The minimum Gasteiger partial charge on any atom is -0.481 e. The largest absolute Gasteiger partial charge is 0.481 e. The Bertz CT molecular complexity index is 456. The van der Waals surface area contributed by atoms with E-state index in [1.807, 2.05) is 12.1 Å². The van der Waals surface area contributed by atoms with Crippen LogP contribution in [-0.2, 0) is 22.4 Å². The average molecular weight is 247 g/mol. The van der Waals surface area contributed by atoms with E-state index in [1.54, 1.807) is 0 Å². The number of rotatable bonds is 5. The molecule has 0 radical (unpaired) electrons. The van der Waals surface area contributed by atoms with Crippen LogP contribution in [0, 0.1) is 0 Å². The molecule has 0 aliphatic heterocycles. The second-order valence-electron chi connectivity index (χ2n) is 4.67. The van der Waals surface area contributed by atoms with E-state index in [-0.39, 0.29) is 6.42 Å². The van der Waals surface area contributed by atoms with Crippen molar-refractivity contribution in [3.8, 4) is 0 Å². The van der Waals surface area contributed by atoms with Crippen LogP contribution >= 0.6 is 0 Å². The molecule has 1 amide bonds. The Morgan fingerprint density at radius 1 is 1.33 bits per heavy atom. The molecule has 96 valence electrons. The van der Waals surface area contributed by atoms with Crippen molar-refractivity contribution in [2.24, 2.45) is 0 Å². The molecular formula is C14H17NO3. The van der Waals surface area contributed by atoms with Crippen LogP contribution in [0.25, 0.3) is 0 Å². The van der Waals surface area contributed by atoms with Gasteiger partial charge in [-0.15, -0.1) is 0 Å². The van der Waals surface area contributed by atoms with Gasteiger partial charge in [0.15, 0.2) is 0 Å². The van der Waals surface area contributed by atoms with Gasteiger partial charge >= 0.3 is 5.97 Å². The van der Waals surface area contributed by atoms with Crippen LogP contribution in [0.4, 0.5) is 0 Å². The maximum absolute atomic E-state index is 10.8. The summed E-state index contributed by atoms with van der Waals surface area (Å²) < 4.78 is 0. The van der Waals surface area contributed by atoms with Gasteiger partial charge in [-0.1, -0.05) is 18.2 Å². The lowest BCUT2D eigenvalue weighted by atomic mass is 9.88. The van der Waals surface area contributed by atoms with Gasteiger partial charge in [-0.25, -0.2) is 0 Å². The zero-order chi connectivity index (χ0) is 13.0. The fraction of sp³-hybridized carbons (Fsp3) is 0.429. The van der Waals surface area contributed by atoms with E-state index in [4.69, 9.17) is 5.11 Å². The van der Waals surface area contributed by atoms with E-state index in [1.165, 1.54) is 24.0 Å². The number of carboxylic acids is 1. The van der Waals surface area contributed by atoms with Gasteiger partial charge in [-0.2, -0.15) is 0 Å². The smallest absolute Gasteiger partial charge is 0.305 e. The highest BCUT2D eigenvalue weighted by Gasteiger charge is 2.17. The zero-order valence-electron chi connectivity index (χ0n) is 10.2. The summed E-state index contributed by atoms with van der Waals surface area (Å²) in [6.07, 6.45) is 5.02. The molecule has 1 aliphatic carbocycles. The lowest BCUT2D eigenvalue weighted by Gasteiger charge is -2.20. The van der Waals surface area contributed by atoms with Crippen molar-refractivity contribution in [3.63, 3.8) is 0 Å². The van der Waals surface area contributed by atoms with Crippen LogP contribution in [0.2, 0.25) is 0 Å². The Balaban J connectivity index is 2.24. The molecule has 1 aromatic carbocycles. The maximum Gasteiger partial charge on any atom is 0.305 e. The standard InChI is InChI=1S/C14H17NO3/c16-9-15-13(8-14(17)18)12-6-5-10-3-1-2-4-11(10)7-12/h5-7,9,13H,1-4,8H2,(H,15,16)(H,17,18). The van der Waals surface area contributed by atoms with Crippen LogP contribution in [0.15, 0.2) is 18.2 Å². The van der Waals surface area contributed by atoms with Crippen molar-refractivity contribution in [1.82, 2.24) is 5.32 Å². The summed E-state index contributed by atoms with van der Waals surface area (Å²) in [5, 5.41) is 11.4. The Labute approximate surface area is 106 Å². The highest BCUT2D eigenvalue weighted by Crippen LogP contribution is 2.25. The molecule has 2 rings (SSSR count). The summed E-state index contributed by atoms with van der Waals surface area (Å²) in [4.78, 5) is 21.3. The van der Waals surface area contributed by atoms with Crippen molar-refractivity contribution in [2.75, 3.05) is 0 Å². The summed E-state index contributed by atoms with van der Waals surface area (Å²) >= 11 is 0. The number of aryl methyl sites for hydroxylation is 2. The predicted octanol–water partition coefficient (Wildman–Crippen LogP) is 1.83. The fourth-order valence-electron chi connectivity index (χ4n) is 2.50. The van der Waals surface area contributed by atoms with Gasteiger partial charge in [0.2, 0.25) is 6.41 Å². The fourth-order valence-corrected chi connectivity index (χ4v) is 2.50. The Hall–Kier alpha value is -1.84. The van der Waals surface area contributed by atoms with E-state index < -0.39 is 12.0 Å². The zero-order valence-corrected chi connectivity index (χ0v) is 10.2. The number of benzene rings is 1. The predicted molar refractivity (Wildman–Crippen MR) is 67.3 cm³/mol. The SMILES string of the molecule is O=CNC(CC(=O)O)c1ccc2c(c1)CCCC2. The molecule has 4 nitrogen and oxygen atoms in total. The quantitative estimate of drug-likeness (QED) is 0.780. The maximum atomic E-state index is 10.8. The minimum atomic E-state index is -0.910. The van der Waals surface area contributed by atoms with Crippen LogP contribution < -0.4 is 5.32 Å². The van der Waals surface area contributed by atoms with Gasteiger partial charge in [0.05, 0.1) is 12.5 Å². The van der Waals surface area contributed by atoms with Crippen molar-refractivity contribution in [3.05, 3.63) is 34.9 Å². The number of aliphatic carboxylic acids is 1. The third-order valence-electron chi connectivity index (χ3n) is 3.42. The molecule has 0 aromatic heterocycles. The molecule has 1 unspecified atom stereocenters. The van der Waals surface area contributed by atoms with Crippen LogP contribution in [0.1, 0.15) is 42.0 Å². The molecule has 1 atom stereocenters. The third kappa shape index (κ3) is 2.88.